The van der Waals surface area contributed by atoms with E-state index in [2.05, 4.69) is 10.6 Å². The summed E-state index contributed by atoms with van der Waals surface area (Å²) in [7, 11) is 0. The van der Waals surface area contributed by atoms with Crippen LogP contribution in [0.25, 0.3) is 10.8 Å². The second kappa shape index (κ2) is 11.6. The molecule has 8 nitrogen and oxygen atoms in total. The molecule has 3 aromatic carbocycles. The van der Waals surface area contributed by atoms with Gasteiger partial charge in [-0.3, -0.25) is 4.79 Å². The molecule has 2 amide bonds. The minimum atomic E-state index is -1.19. The number of hydrogen-bond donors (Lipinski definition) is 4. The Bertz CT molecular complexity index is 1100. The summed E-state index contributed by atoms with van der Waals surface area (Å²) in [4.78, 5) is 35.8. The normalized spacial score (nSPS) is 12.5. The second-order valence-corrected chi connectivity index (χ2v) is 7.60. The molecule has 0 saturated carbocycles. The van der Waals surface area contributed by atoms with Crippen LogP contribution in [-0.2, 0) is 27.4 Å². The molecule has 33 heavy (non-hydrogen) atoms. The average molecular weight is 450 g/mol. The quantitative estimate of drug-likeness (QED) is 0.376. The maximum absolute atomic E-state index is 12.3. The maximum atomic E-state index is 12.3. The molecule has 0 radical (unpaired) electrons. The van der Waals surface area contributed by atoms with E-state index >= 15 is 0 Å². The van der Waals surface area contributed by atoms with Gasteiger partial charge >= 0.3 is 12.1 Å². The van der Waals surface area contributed by atoms with Crippen molar-refractivity contribution >= 4 is 28.7 Å². The third-order valence-corrected chi connectivity index (χ3v) is 5.05. The van der Waals surface area contributed by atoms with Crippen LogP contribution in [0.2, 0.25) is 0 Å². The highest BCUT2D eigenvalue weighted by Crippen LogP contribution is 2.20. The number of alkyl carbamates (subject to hydrolysis) is 1. The number of carbonyl (C=O) groups is 3. The zero-order valence-electron chi connectivity index (χ0n) is 17.9. The van der Waals surface area contributed by atoms with Gasteiger partial charge < -0.3 is 25.6 Å². The van der Waals surface area contributed by atoms with Gasteiger partial charge in [-0.2, -0.15) is 0 Å². The largest absolute Gasteiger partial charge is 0.480 e. The van der Waals surface area contributed by atoms with Crippen molar-refractivity contribution < 1.29 is 29.3 Å². The number of carboxylic acids is 1. The molecule has 0 bridgehead atoms. The maximum Gasteiger partial charge on any atom is 0.407 e. The van der Waals surface area contributed by atoms with E-state index in [0.717, 1.165) is 21.9 Å². The molecular formula is C25H26N2O6. The molecule has 4 N–H and O–H groups in total. The standard InChI is InChI=1S/C25H26N2O6/c28-20(15-26-25(32)33-16-17-7-2-1-3-8-17)14-23(29)27-22(24(30)31)13-19-11-6-10-18-9-4-5-12-21(18)19/h1-12,20,22,28H,13-16H2,(H,26,32)(H,27,29)(H,30,31)/t20-,22+/m1/s1. The number of ether oxygens (including phenoxy) is 1. The lowest BCUT2D eigenvalue weighted by Crippen LogP contribution is -2.44. The Kier molecular flexibility index (Phi) is 8.37. The lowest BCUT2D eigenvalue weighted by molar-refractivity contribution is -0.142. The van der Waals surface area contributed by atoms with E-state index in [0.29, 0.717) is 0 Å². The molecule has 0 aliphatic rings. The van der Waals surface area contributed by atoms with Gasteiger partial charge in [-0.1, -0.05) is 72.8 Å². The first kappa shape index (κ1) is 23.7. The highest BCUT2D eigenvalue weighted by molar-refractivity contribution is 5.88. The molecule has 0 aromatic heterocycles. The zero-order chi connectivity index (χ0) is 23.6. The fraction of sp³-hybridized carbons (Fsp3) is 0.240. The first-order valence-electron chi connectivity index (χ1n) is 10.5. The van der Waals surface area contributed by atoms with Crippen LogP contribution in [0.5, 0.6) is 0 Å². The summed E-state index contributed by atoms with van der Waals surface area (Å²) in [6, 6.07) is 21.2. The Morgan fingerprint density at radius 2 is 1.61 bits per heavy atom. The number of aliphatic carboxylic acids is 1. The number of amides is 2. The molecule has 0 unspecified atom stereocenters. The number of hydrogen-bond acceptors (Lipinski definition) is 5. The highest BCUT2D eigenvalue weighted by Gasteiger charge is 2.23. The molecular weight excluding hydrogens is 424 g/mol. The van der Waals surface area contributed by atoms with Gasteiger partial charge in [0.15, 0.2) is 0 Å². The van der Waals surface area contributed by atoms with Crippen molar-refractivity contribution in [2.75, 3.05) is 6.54 Å². The van der Waals surface area contributed by atoms with Gasteiger partial charge in [0.1, 0.15) is 12.6 Å². The van der Waals surface area contributed by atoms with Gasteiger partial charge in [0.25, 0.3) is 0 Å². The second-order valence-electron chi connectivity index (χ2n) is 7.60. The van der Waals surface area contributed by atoms with E-state index in [-0.39, 0.29) is 26.0 Å². The number of nitrogens with one attached hydrogen (secondary N) is 2. The Morgan fingerprint density at radius 1 is 0.909 bits per heavy atom. The Hall–Kier alpha value is -3.91. The molecule has 0 aliphatic heterocycles. The average Bonchev–Trinajstić information content (AvgIpc) is 2.81. The number of benzene rings is 3. The summed E-state index contributed by atoms with van der Waals surface area (Å²) in [5, 5.41) is 26.4. The van der Waals surface area contributed by atoms with Crippen LogP contribution >= 0.6 is 0 Å². The molecule has 2 atom stereocenters. The molecule has 172 valence electrons. The van der Waals surface area contributed by atoms with Crippen molar-refractivity contribution in [2.45, 2.75) is 31.6 Å². The molecule has 0 saturated heterocycles. The third-order valence-electron chi connectivity index (χ3n) is 5.05. The Morgan fingerprint density at radius 3 is 2.36 bits per heavy atom. The van der Waals surface area contributed by atoms with Gasteiger partial charge in [0.05, 0.1) is 12.5 Å². The van der Waals surface area contributed by atoms with Gasteiger partial charge in [0, 0.05) is 13.0 Å². The molecule has 0 spiro atoms. The monoisotopic (exact) mass is 450 g/mol. The summed E-state index contributed by atoms with van der Waals surface area (Å²) < 4.78 is 5.04. The van der Waals surface area contributed by atoms with Crippen LogP contribution in [0.1, 0.15) is 17.5 Å². The van der Waals surface area contributed by atoms with Crippen LogP contribution in [0.15, 0.2) is 72.8 Å². The van der Waals surface area contributed by atoms with Crippen molar-refractivity contribution in [3.8, 4) is 0 Å². The third kappa shape index (κ3) is 7.33. The number of fused-ring (bicyclic) bond motifs is 1. The molecule has 0 heterocycles. The van der Waals surface area contributed by atoms with Crippen LogP contribution in [0.3, 0.4) is 0 Å². The number of aliphatic hydroxyl groups excluding tert-OH is 1. The van der Waals surface area contributed by atoms with Crippen LogP contribution in [0.4, 0.5) is 4.79 Å². The number of carbonyl (C=O) groups excluding carboxylic acids is 2. The van der Waals surface area contributed by atoms with Crippen LogP contribution < -0.4 is 10.6 Å². The summed E-state index contributed by atoms with van der Waals surface area (Å²) in [5.74, 6) is -1.80. The zero-order valence-corrected chi connectivity index (χ0v) is 17.9. The summed E-state index contributed by atoms with van der Waals surface area (Å²) in [6.45, 7) is -0.125. The first-order chi connectivity index (χ1) is 15.9. The van der Waals surface area contributed by atoms with Crippen molar-refractivity contribution in [1.82, 2.24) is 10.6 Å². The van der Waals surface area contributed by atoms with Crippen LogP contribution in [-0.4, -0.2) is 46.9 Å². The van der Waals surface area contributed by atoms with Crippen LogP contribution in [0, 0.1) is 0 Å². The Labute approximate surface area is 191 Å². The number of rotatable bonds is 10. The van der Waals surface area contributed by atoms with Gasteiger partial charge in [-0.15, -0.1) is 0 Å². The summed E-state index contributed by atoms with van der Waals surface area (Å²) in [5.41, 5.74) is 1.61. The van der Waals surface area contributed by atoms with Gasteiger partial charge in [0.2, 0.25) is 5.91 Å². The van der Waals surface area contributed by atoms with E-state index in [1.54, 1.807) is 0 Å². The number of carboxylic acid groups (broad SMARTS) is 1. The lowest BCUT2D eigenvalue weighted by atomic mass is 9.98. The fourth-order valence-electron chi connectivity index (χ4n) is 3.41. The molecule has 3 aromatic rings. The highest BCUT2D eigenvalue weighted by atomic mass is 16.5. The molecule has 0 fully saturated rings. The van der Waals surface area contributed by atoms with Crippen molar-refractivity contribution in [3.05, 3.63) is 83.9 Å². The van der Waals surface area contributed by atoms with Crippen molar-refractivity contribution in [1.29, 1.82) is 0 Å². The van der Waals surface area contributed by atoms with E-state index < -0.39 is 30.1 Å². The molecule has 0 aliphatic carbocycles. The Balaban J connectivity index is 1.47. The number of aliphatic hydroxyl groups is 1. The summed E-state index contributed by atoms with van der Waals surface area (Å²) >= 11 is 0. The van der Waals surface area contributed by atoms with Gasteiger partial charge in [-0.25, -0.2) is 9.59 Å². The van der Waals surface area contributed by atoms with E-state index in [1.165, 1.54) is 0 Å². The fourth-order valence-corrected chi connectivity index (χ4v) is 3.41. The van der Waals surface area contributed by atoms with E-state index in [4.69, 9.17) is 4.74 Å². The SMILES string of the molecule is O=C(C[C@@H](O)CNC(=O)OCc1ccccc1)N[C@@H](Cc1cccc2ccccc12)C(=O)O. The minimum absolute atomic E-state index is 0.0811. The van der Waals surface area contributed by atoms with E-state index in [1.807, 2.05) is 72.8 Å². The predicted octanol–water partition coefficient (Wildman–Crippen LogP) is 2.63. The molecule has 3 rings (SSSR count). The van der Waals surface area contributed by atoms with Crippen molar-refractivity contribution in [3.63, 3.8) is 0 Å². The molecule has 8 heteroatoms. The van der Waals surface area contributed by atoms with Crippen molar-refractivity contribution in [2.24, 2.45) is 0 Å². The topological polar surface area (TPSA) is 125 Å². The lowest BCUT2D eigenvalue weighted by Gasteiger charge is -2.17. The first-order valence-corrected chi connectivity index (χ1v) is 10.5. The predicted molar refractivity (Wildman–Crippen MR) is 122 cm³/mol. The summed E-state index contributed by atoms with van der Waals surface area (Å²) in [6.07, 6.45) is -2.18. The van der Waals surface area contributed by atoms with Gasteiger partial charge in [-0.05, 0) is 21.9 Å². The smallest absolute Gasteiger partial charge is 0.407 e. The minimum Gasteiger partial charge on any atom is -0.480 e. The van der Waals surface area contributed by atoms with E-state index in [9.17, 15) is 24.6 Å².